The standard InChI is InChI=1S/C8H13N3O2/c1-5-4-10-7(13-5)6(2)11-8(12)9-3/h4,6H,1-3H3,(H2,9,11,12). The zero-order valence-electron chi connectivity index (χ0n) is 7.92. The van der Waals surface area contributed by atoms with Gasteiger partial charge >= 0.3 is 6.03 Å². The third-order valence-corrected chi connectivity index (χ3v) is 1.58. The molecule has 0 saturated carbocycles. The van der Waals surface area contributed by atoms with Gasteiger partial charge in [-0.1, -0.05) is 0 Å². The smallest absolute Gasteiger partial charge is 0.315 e. The summed E-state index contributed by atoms with van der Waals surface area (Å²) in [5.74, 6) is 1.25. The minimum atomic E-state index is -0.247. The molecule has 1 aromatic rings. The molecule has 0 saturated heterocycles. The fourth-order valence-corrected chi connectivity index (χ4v) is 0.903. The molecule has 0 aliphatic carbocycles. The lowest BCUT2D eigenvalue weighted by atomic mass is 10.3. The van der Waals surface area contributed by atoms with Crippen molar-refractivity contribution in [3.8, 4) is 0 Å². The molecule has 0 aliphatic rings. The highest BCUT2D eigenvalue weighted by Gasteiger charge is 2.12. The largest absolute Gasteiger partial charge is 0.444 e. The van der Waals surface area contributed by atoms with E-state index in [0.717, 1.165) is 5.76 Å². The van der Waals surface area contributed by atoms with E-state index in [9.17, 15) is 4.79 Å². The predicted octanol–water partition coefficient (Wildman–Crippen LogP) is 0.973. The Hall–Kier alpha value is -1.52. The second-order valence-corrected chi connectivity index (χ2v) is 2.75. The lowest BCUT2D eigenvalue weighted by molar-refractivity contribution is 0.237. The maximum Gasteiger partial charge on any atom is 0.315 e. The Morgan fingerprint density at radius 1 is 1.69 bits per heavy atom. The zero-order valence-corrected chi connectivity index (χ0v) is 7.92. The van der Waals surface area contributed by atoms with Gasteiger partial charge in [0.1, 0.15) is 11.8 Å². The average molecular weight is 183 g/mol. The topological polar surface area (TPSA) is 67.2 Å². The van der Waals surface area contributed by atoms with E-state index in [1.165, 1.54) is 0 Å². The lowest BCUT2D eigenvalue weighted by Gasteiger charge is -2.08. The van der Waals surface area contributed by atoms with E-state index < -0.39 is 0 Å². The third-order valence-electron chi connectivity index (χ3n) is 1.58. The fourth-order valence-electron chi connectivity index (χ4n) is 0.903. The molecule has 2 N–H and O–H groups in total. The quantitative estimate of drug-likeness (QED) is 0.718. The van der Waals surface area contributed by atoms with Gasteiger partial charge in [-0.3, -0.25) is 0 Å². The monoisotopic (exact) mass is 183 g/mol. The second-order valence-electron chi connectivity index (χ2n) is 2.75. The molecule has 0 spiro atoms. The minimum Gasteiger partial charge on any atom is -0.444 e. The molecule has 0 bridgehead atoms. The van der Waals surface area contributed by atoms with Crippen LogP contribution in [-0.2, 0) is 0 Å². The van der Waals surface area contributed by atoms with Crippen LogP contribution in [0, 0.1) is 6.92 Å². The van der Waals surface area contributed by atoms with E-state index in [-0.39, 0.29) is 12.1 Å². The number of rotatable bonds is 2. The number of carbonyl (C=O) groups is 1. The first-order valence-electron chi connectivity index (χ1n) is 4.04. The Morgan fingerprint density at radius 3 is 2.85 bits per heavy atom. The van der Waals surface area contributed by atoms with Gasteiger partial charge in [0.25, 0.3) is 0 Å². The molecular weight excluding hydrogens is 170 g/mol. The van der Waals surface area contributed by atoms with Crippen LogP contribution in [0.2, 0.25) is 0 Å². The molecule has 0 radical (unpaired) electrons. The molecule has 1 rings (SSSR count). The first-order valence-corrected chi connectivity index (χ1v) is 4.04. The Kier molecular flexibility index (Phi) is 2.89. The van der Waals surface area contributed by atoms with Gasteiger partial charge in [-0.15, -0.1) is 0 Å². The molecule has 72 valence electrons. The van der Waals surface area contributed by atoms with E-state index in [2.05, 4.69) is 15.6 Å². The number of oxazole rings is 1. The van der Waals surface area contributed by atoms with E-state index in [4.69, 9.17) is 4.42 Å². The number of amides is 2. The van der Waals surface area contributed by atoms with Crippen molar-refractivity contribution in [2.45, 2.75) is 19.9 Å². The first kappa shape index (κ1) is 9.57. The summed E-state index contributed by atoms with van der Waals surface area (Å²) < 4.78 is 5.24. The average Bonchev–Trinajstić information content (AvgIpc) is 2.51. The van der Waals surface area contributed by atoms with Gasteiger partial charge in [0.05, 0.1) is 6.20 Å². The molecule has 0 fully saturated rings. The van der Waals surface area contributed by atoms with Gasteiger partial charge in [0, 0.05) is 7.05 Å². The highest BCUT2D eigenvalue weighted by molar-refractivity contribution is 5.73. The van der Waals surface area contributed by atoms with E-state index in [1.807, 2.05) is 6.92 Å². The van der Waals surface area contributed by atoms with Gasteiger partial charge < -0.3 is 15.1 Å². The molecule has 13 heavy (non-hydrogen) atoms. The van der Waals surface area contributed by atoms with Gasteiger partial charge in [-0.25, -0.2) is 9.78 Å². The van der Waals surface area contributed by atoms with Crippen LogP contribution < -0.4 is 10.6 Å². The van der Waals surface area contributed by atoms with Crippen molar-refractivity contribution in [2.75, 3.05) is 7.05 Å². The van der Waals surface area contributed by atoms with Crippen LogP contribution >= 0.6 is 0 Å². The number of nitrogens with zero attached hydrogens (tertiary/aromatic N) is 1. The van der Waals surface area contributed by atoms with Gasteiger partial charge in [0.15, 0.2) is 0 Å². The predicted molar refractivity (Wildman–Crippen MR) is 47.2 cm³/mol. The molecule has 1 heterocycles. The summed E-state index contributed by atoms with van der Waals surface area (Å²) >= 11 is 0. The van der Waals surface area contributed by atoms with Crippen LogP contribution in [0.15, 0.2) is 10.6 Å². The minimum absolute atomic E-state index is 0.214. The molecule has 0 aliphatic heterocycles. The van der Waals surface area contributed by atoms with Crippen LogP contribution in [0.3, 0.4) is 0 Å². The van der Waals surface area contributed by atoms with Gasteiger partial charge in [-0.2, -0.15) is 0 Å². The van der Waals surface area contributed by atoms with Crippen molar-refractivity contribution in [1.29, 1.82) is 0 Å². The highest BCUT2D eigenvalue weighted by Crippen LogP contribution is 2.11. The summed E-state index contributed by atoms with van der Waals surface area (Å²) in [6, 6.07) is -0.461. The maximum absolute atomic E-state index is 10.9. The van der Waals surface area contributed by atoms with Crippen LogP contribution in [-0.4, -0.2) is 18.1 Å². The third kappa shape index (κ3) is 2.47. The number of aryl methyl sites for hydroxylation is 1. The molecule has 1 atom stereocenters. The molecule has 5 heteroatoms. The zero-order chi connectivity index (χ0) is 9.84. The normalized spacial score (nSPS) is 12.2. The highest BCUT2D eigenvalue weighted by atomic mass is 16.4. The number of hydrogen-bond acceptors (Lipinski definition) is 3. The molecule has 0 aromatic carbocycles. The SMILES string of the molecule is CNC(=O)NC(C)c1ncc(C)o1. The molecule has 1 unspecified atom stereocenters. The molecule has 2 amide bonds. The number of urea groups is 1. The second kappa shape index (κ2) is 3.93. The lowest BCUT2D eigenvalue weighted by Crippen LogP contribution is -2.34. The van der Waals surface area contributed by atoms with Crippen molar-refractivity contribution in [3.63, 3.8) is 0 Å². The molecular formula is C8H13N3O2. The van der Waals surface area contributed by atoms with E-state index in [1.54, 1.807) is 20.2 Å². The van der Waals surface area contributed by atoms with Crippen molar-refractivity contribution >= 4 is 6.03 Å². The number of carbonyl (C=O) groups excluding carboxylic acids is 1. The van der Waals surface area contributed by atoms with Crippen molar-refractivity contribution in [3.05, 3.63) is 17.8 Å². The number of aromatic nitrogens is 1. The Morgan fingerprint density at radius 2 is 2.38 bits per heavy atom. The van der Waals surface area contributed by atoms with Crippen molar-refractivity contribution < 1.29 is 9.21 Å². The van der Waals surface area contributed by atoms with Gasteiger partial charge in [0.2, 0.25) is 5.89 Å². The Bertz CT molecular complexity index is 295. The summed E-state index contributed by atoms with van der Waals surface area (Å²) in [4.78, 5) is 14.9. The molecule has 5 nitrogen and oxygen atoms in total. The van der Waals surface area contributed by atoms with E-state index >= 15 is 0 Å². The Labute approximate surface area is 76.5 Å². The summed E-state index contributed by atoms with van der Waals surface area (Å²) in [5, 5.41) is 5.11. The summed E-state index contributed by atoms with van der Waals surface area (Å²) in [6.45, 7) is 3.61. The van der Waals surface area contributed by atoms with Crippen LogP contribution in [0.5, 0.6) is 0 Å². The summed E-state index contributed by atoms with van der Waals surface area (Å²) in [7, 11) is 1.56. The van der Waals surface area contributed by atoms with Crippen LogP contribution in [0.25, 0.3) is 0 Å². The van der Waals surface area contributed by atoms with Crippen molar-refractivity contribution in [2.24, 2.45) is 0 Å². The van der Waals surface area contributed by atoms with E-state index in [0.29, 0.717) is 5.89 Å². The Balaban J connectivity index is 2.58. The molecule has 1 aromatic heterocycles. The van der Waals surface area contributed by atoms with Crippen LogP contribution in [0.4, 0.5) is 4.79 Å². The summed E-state index contributed by atoms with van der Waals surface area (Å²) in [5.41, 5.74) is 0. The summed E-state index contributed by atoms with van der Waals surface area (Å²) in [6.07, 6.45) is 1.62. The van der Waals surface area contributed by atoms with Crippen molar-refractivity contribution in [1.82, 2.24) is 15.6 Å². The maximum atomic E-state index is 10.9. The number of hydrogen-bond donors (Lipinski definition) is 2. The fraction of sp³-hybridized carbons (Fsp3) is 0.500. The first-order chi connectivity index (χ1) is 6.13. The van der Waals surface area contributed by atoms with Crippen LogP contribution in [0.1, 0.15) is 24.6 Å². The van der Waals surface area contributed by atoms with Gasteiger partial charge in [-0.05, 0) is 13.8 Å². The number of nitrogens with one attached hydrogen (secondary N) is 2.